The van der Waals surface area contributed by atoms with Crippen molar-refractivity contribution in [3.05, 3.63) is 64.7 Å². The third-order valence-corrected chi connectivity index (χ3v) is 4.72. The molecule has 0 radical (unpaired) electrons. The molecule has 0 aromatic heterocycles. The zero-order chi connectivity index (χ0) is 18.0. The van der Waals surface area contributed by atoms with Crippen LogP contribution in [-0.4, -0.2) is 11.5 Å². The van der Waals surface area contributed by atoms with Crippen molar-refractivity contribution < 1.29 is 9.53 Å². The SMILES string of the molecule is Cc1ccc(CCC(=O)N[C@H]2CC(C)(C)Oc3ccc(C)cc32)cc1. The maximum absolute atomic E-state index is 12.5. The molecule has 0 bridgehead atoms. The summed E-state index contributed by atoms with van der Waals surface area (Å²) in [6.45, 7) is 8.28. The summed E-state index contributed by atoms with van der Waals surface area (Å²) in [7, 11) is 0. The van der Waals surface area contributed by atoms with Crippen molar-refractivity contribution in [2.45, 2.75) is 58.6 Å². The number of carbonyl (C=O) groups is 1. The van der Waals surface area contributed by atoms with E-state index in [1.807, 2.05) is 6.07 Å². The van der Waals surface area contributed by atoms with E-state index in [1.165, 1.54) is 16.7 Å². The minimum absolute atomic E-state index is 0.00386. The van der Waals surface area contributed by atoms with Gasteiger partial charge in [-0.15, -0.1) is 0 Å². The van der Waals surface area contributed by atoms with Crippen LogP contribution < -0.4 is 10.1 Å². The number of amides is 1. The van der Waals surface area contributed by atoms with Gasteiger partial charge in [0.05, 0.1) is 6.04 Å². The van der Waals surface area contributed by atoms with Crippen molar-refractivity contribution in [1.29, 1.82) is 0 Å². The number of benzene rings is 2. The molecule has 1 aliphatic rings. The minimum Gasteiger partial charge on any atom is -0.487 e. The monoisotopic (exact) mass is 337 g/mol. The van der Waals surface area contributed by atoms with E-state index in [0.717, 1.165) is 24.2 Å². The molecule has 3 rings (SSSR count). The average molecular weight is 337 g/mol. The number of carbonyl (C=O) groups excluding carboxylic acids is 1. The fourth-order valence-electron chi connectivity index (χ4n) is 3.38. The first-order valence-corrected chi connectivity index (χ1v) is 8.97. The summed E-state index contributed by atoms with van der Waals surface area (Å²) in [6.07, 6.45) is 2.04. The molecule has 25 heavy (non-hydrogen) atoms. The standard InChI is InChI=1S/C22H27NO2/c1-15-5-8-17(9-6-15)10-12-21(24)23-19-14-22(3,4)25-20-11-7-16(2)13-18(19)20/h5-9,11,13,19H,10,12,14H2,1-4H3,(H,23,24)/t19-/m0/s1. The zero-order valence-electron chi connectivity index (χ0n) is 15.6. The lowest BCUT2D eigenvalue weighted by Gasteiger charge is -2.38. The highest BCUT2D eigenvalue weighted by Crippen LogP contribution is 2.39. The lowest BCUT2D eigenvalue weighted by molar-refractivity contribution is -0.122. The van der Waals surface area contributed by atoms with Gasteiger partial charge in [-0.3, -0.25) is 4.79 Å². The molecule has 1 heterocycles. The summed E-state index contributed by atoms with van der Waals surface area (Å²) in [5.41, 5.74) is 4.43. The molecule has 1 amide bonds. The molecule has 0 aliphatic carbocycles. The van der Waals surface area contributed by atoms with Crippen molar-refractivity contribution in [3.8, 4) is 5.75 Å². The Morgan fingerprint density at radius 3 is 2.52 bits per heavy atom. The molecule has 0 fully saturated rings. The van der Waals surface area contributed by atoms with Crippen LogP contribution in [0.3, 0.4) is 0 Å². The molecule has 2 aromatic rings. The van der Waals surface area contributed by atoms with Crippen molar-refractivity contribution in [2.24, 2.45) is 0 Å². The topological polar surface area (TPSA) is 38.3 Å². The van der Waals surface area contributed by atoms with Crippen LogP contribution >= 0.6 is 0 Å². The smallest absolute Gasteiger partial charge is 0.220 e. The van der Waals surface area contributed by atoms with E-state index in [9.17, 15) is 4.79 Å². The van der Waals surface area contributed by atoms with Crippen LogP contribution in [0.5, 0.6) is 5.75 Å². The van der Waals surface area contributed by atoms with Crippen molar-refractivity contribution in [2.75, 3.05) is 0 Å². The first-order chi connectivity index (χ1) is 11.8. The quantitative estimate of drug-likeness (QED) is 0.881. The average Bonchev–Trinajstić information content (AvgIpc) is 2.54. The number of nitrogens with one attached hydrogen (secondary N) is 1. The van der Waals surface area contributed by atoms with Gasteiger partial charge in [-0.25, -0.2) is 0 Å². The molecule has 0 saturated heterocycles. The van der Waals surface area contributed by atoms with E-state index < -0.39 is 0 Å². The largest absolute Gasteiger partial charge is 0.487 e. The molecule has 0 saturated carbocycles. The molecule has 0 unspecified atom stereocenters. The van der Waals surface area contributed by atoms with Crippen LogP contribution in [0.1, 0.15) is 55.0 Å². The van der Waals surface area contributed by atoms with Gasteiger partial charge in [-0.2, -0.15) is 0 Å². The first kappa shape index (κ1) is 17.5. The Kier molecular flexibility index (Phi) is 4.85. The summed E-state index contributed by atoms with van der Waals surface area (Å²) in [5, 5.41) is 3.22. The Morgan fingerprint density at radius 1 is 1.12 bits per heavy atom. The van der Waals surface area contributed by atoms with Crippen molar-refractivity contribution >= 4 is 5.91 Å². The third kappa shape index (κ3) is 4.41. The van der Waals surface area contributed by atoms with Gasteiger partial charge in [-0.1, -0.05) is 47.5 Å². The van der Waals surface area contributed by atoms with Crippen LogP contribution in [0.15, 0.2) is 42.5 Å². The summed E-state index contributed by atoms with van der Waals surface area (Å²) in [4.78, 5) is 12.5. The summed E-state index contributed by atoms with van der Waals surface area (Å²) < 4.78 is 6.08. The highest BCUT2D eigenvalue weighted by Gasteiger charge is 2.34. The molecular formula is C22H27NO2. The normalized spacial score (nSPS) is 18.2. The fraction of sp³-hybridized carbons (Fsp3) is 0.409. The van der Waals surface area contributed by atoms with Crippen LogP contribution in [-0.2, 0) is 11.2 Å². The second kappa shape index (κ2) is 6.91. The Morgan fingerprint density at radius 2 is 1.80 bits per heavy atom. The number of hydrogen-bond acceptors (Lipinski definition) is 2. The lowest BCUT2D eigenvalue weighted by Crippen LogP contribution is -2.41. The Bertz CT molecular complexity index is 762. The Hall–Kier alpha value is -2.29. The van der Waals surface area contributed by atoms with Gasteiger partial charge in [0, 0.05) is 18.4 Å². The predicted molar refractivity (Wildman–Crippen MR) is 101 cm³/mol. The molecule has 2 aromatic carbocycles. The number of hydrogen-bond donors (Lipinski definition) is 1. The third-order valence-electron chi connectivity index (χ3n) is 4.72. The molecular weight excluding hydrogens is 310 g/mol. The van der Waals surface area contributed by atoms with Crippen molar-refractivity contribution in [3.63, 3.8) is 0 Å². The van der Waals surface area contributed by atoms with Crippen LogP contribution in [0, 0.1) is 13.8 Å². The second-order valence-corrected chi connectivity index (χ2v) is 7.71. The van der Waals surface area contributed by atoms with Crippen LogP contribution in [0.2, 0.25) is 0 Å². The van der Waals surface area contributed by atoms with E-state index in [1.54, 1.807) is 0 Å². The van der Waals surface area contributed by atoms with Gasteiger partial charge in [-0.05, 0) is 45.7 Å². The molecule has 0 spiro atoms. The first-order valence-electron chi connectivity index (χ1n) is 8.97. The van der Waals surface area contributed by atoms with E-state index >= 15 is 0 Å². The van der Waals surface area contributed by atoms with E-state index in [-0.39, 0.29) is 17.6 Å². The molecule has 1 aliphatic heterocycles. The summed E-state index contributed by atoms with van der Waals surface area (Å²) in [6, 6.07) is 14.6. The summed E-state index contributed by atoms with van der Waals surface area (Å²) in [5.74, 6) is 0.974. The minimum atomic E-state index is -0.281. The highest BCUT2D eigenvalue weighted by atomic mass is 16.5. The van der Waals surface area contributed by atoms with Crippen LogP contribution in [0.25, 0.3) is 0 Å². The fourth-order valence-corrected chi connectivity index (χ4v) is 3.38. The van der Waals surface area contributed by atoms with Crippen LogP contribution in [0.4, 0.5) is 0 Å². The molecule has 3 nitrogen and oxygen atoms in total. The maximum atomic E-state index is 12.5. The predicted octanol–water partition coefficient (Wildman–Crippen LogP) is 4.65. The maximum Gasteiger partial charge on any atom is 0.220 e. The second-order valence-electron chi connectivity index (χ2n) is 7.71. The van der Waals surface area contributed by atoms with E-state index in [4.69, 9.17) is 4.74 Å². The van der Waals surface area contributed by atoms with Gasteiger partial charge in [0.2, 0.25) is 5.91 Å². The van der Waals surface area contributed by atoms with Crippen molar-refractivity contribution in [1.82, 2.24) is 5.32 Å². The Balaban J connectivity index is 1.68. The van der Waals surface area contributed by atoms with E-state index in [2.05, 4.69) is 69.4 Å². The zero-order valence-corrected chi connectivity index (χ0v) is 15.6. The highest BCUT2D eigenvalue weighted by molar-refractivity contribution is 5.77. The summed E-state index contributed by atoms with van der Waals surface area (Å²) >= 11 is 0. The molecule has 132 valence electrons. The molecule has 3 heteroatoms. The van der Waals surface area contributed by atoms with Gasteiger partial charge in [0.25, 0.3) is 0 Å². The van der Waals surface area contributed by atoms with Gasteiger partial charge in [0.1, 0.15) is 11.4 Å². The number of fused-ring (bicyclic) bond motifs is 1. The van der Waals surface area contributed by atoms with E-state index in [0.29, 0.717) is 6.42 Å². The van der Waals surface area contributed by atoms with Gasteiger partial charge < -0.3 is 10.1 Å². The lowest BCUT2D eigenvalue weighted by atomic mass is 9.89. The molecule has 1 atom stereocenters. The number of rotatable bonds is 4. The Labute approximate surface area is 150 Å². The van der Waals surface area contributed by atoms with Gasteiger partial charge >= 0.3 is 0 Å². The van der Waals surface area contributed by atoms with Gasteiger partial charge in [0.15, 0.2) is 0 Å². The molecule has 1 N–H and O–H groups in total. The number of ether oxygens (including phenoxy) is 1. The number of aryl methyl sites for hydroxylation is 3.